The number of ketones is 1. The fourth-order valence-electron chi connectivity index (χ4n) is 1.09. The zero-order chi connectivity index (χ0) is 9.14. The maximum absolute atomic E-state index is 10.9. The van der Waals surface area contributed by atoms with Crippen molar-refractivity contribution < 1.29 is 4.79 Å². The van der Waals surface area contributed by atoms with Crippen molar-refractivity contribution >= 4 is 22.8 Å². The van der Waals surface area contributed by atoms with Gasteiger partial charge in [0.25, 0.3) is 0 Å². The number of hydrogen-bond donors (Lipinski definition) is 0. The van der Waals surface area contributed by atoms with Gasteiger partial charge < -0.3 is 4.90 Å². The van der Waals surface area contributed by atoms with Crippen molar-refractivity contribution in [2.75, 3.05) is 19.0 Å². The van der Waals surface area contributed by atoms with E-state index in [1.807, 2.05) is 30.4 Å². The number of carbonyl (C=O) groups excluding carboxylic acids is 1. The minimum Gasteiger partial charge on any atom is -0.377 e. The molecule has 2 nitrogen and oxygen atoms in total. The Morgan fingerprint density at radius 2 is 2.25 bits per heavy atom. The van der Waals surface area contributed by atoms with E-state index >= 15 is 0 Å². The van der Waals surface area contributed by atoms with E-state index in [4.69, 9.17) is 0 Å². The predicted octanol–water partition coefficient (Wildman–Crippen LogP) is 1.95. The second-order valence-corrected chi connectivity index (χ2v) is 4.00. The Morgan fingerprint density at radius 3 is 2.75 bits per heavy atom. The monoisotopic (exact) mass is 183 g/mol. The number of anilines is 1. The molecule has 0 spiro atoms. The molecule has 0 bridgehead atoms. The third kappa shape index (κ3) is 2.08. The zero-order valence-electron chi connectivity index (χ0n) is 7.63. The van der Waals surface area contributed by atoms with Gasteiger partial charge in [0, 0.05) is 25.4 Å². The van der Waals surface area contributed by atoms with Crippen LogP contribution in [0.3, 0.4) is 0 Å². The first-order valence-corrected chi connectivity index (χ1v) is 4.72. The molecule has 1 aromatic heterocycles. The van der Waals surface area contributed by atoms with E-state index in [1.54, 1.807) is 18.3 Å². The molecular weight excluding hydrogens is 170 g/mol. The minimum atomic E-state index is 0.223. The highest BCUT2D eigenvalue weighted by Crippen LogP contribution is 2.24. The molecule has 0 aliphatic carbocycles. The fourth-order valence-corrected chi connectivity index (χ4v) is 2.11. The second-order valence-electron chi connectivity index (χ2n) is 3.00. The Bertz CT molecular complexity index is 278. The lowest BCUT2D eigenvalue weighted by molar-refractivity contribution is -0.116. The molecule has 66 valence electrons. The number of nitrogens with zero attached hydrogens (tertiary/aromatic N) is 1. The summed E-state index contributed by atoms with van der Waals surface area (Å²) in [5, 5.41) is 2.02. The van der Waals surface area contributed by atoms with Gasteiger partial charge in [-0.1, -0.05) is 0 Å². The summed E-state index contributed by atoms with van der Waals surface area (Å²) in [5.74, 6) is 0.223. The molecule has 0 saturated carbocycles. The van der Waals surface area contributed by atoms with Crippen molar-refractivity contribution in [1.29, 1.82) is 0 Å². The van der Waals surface area contributed by atoms with Crippen molar-refractivity contribution in [3.8, 4) is 0 Å². The number of carbonyl (C=O) groups is 1. The van der Waals surface area contributed by atoms with Crippen LogP contribution in [0.2, 0.25) is 0 Å². The van der Waals surface area contributed by atoms with Gasteiger partial charge in [-0.25, -0.2) is 0 Å². The molecule has 12 heavy (non-hydrogen) atoms. The average molecular weight is 183 g/mol. The number of thiophene rings is 1. The normalized spacial score (nSPS) is 9.92. The quantitative estimate of drug-likeness (QED) is 0.714. The Balaban J connectivity index is 2.84. The van der Waals surface area contributed by atoms with Gasteiger partial charge >= 0.3 is 0 Å². The summed E-state index contributed by atoms with van der Waals surface area (Å²) in [6, 6.07) is 2.04. The highest BCUT2D eigenvalue weighted by atomic mass is 32.1. The van der Waals surface area contributed by atoms with Crippen molar-refractivity contribution in [3.63, 3.8) is 0 Å². The lowest BCUT2D eigenvalue weighted by Crippen LogP contribution is -2.10. The van der Waals surface area contributed by atoms with Gasteiger partial charge in [0.05, 0.1) is 5.69 Å². The zero-order valence-corrected chi connectivity index (χ0v) is 8.44. The van der Waals surface area contributed by atoms with Crippen LogP contribution in [0.1, 0.15) is 11.8 Å². The summed E-state index contributed by atoms with van der Waals surface area (Å²) in [6.07, 6.45) is 0.561. The number of hydrogen-bond acceptors (Lipinski definition) is 3. The van der Waals surface area contributed by atoms with Gasteiger partial charge in [0.2, 0.25) is 0 Å². The van der Waals surface area contributed by atoms with Crippen molar-refractivity contribution in [2.24, 2.45) is 0 Å². The van der Waals surface area contributed by atoms with Gasteiger partial charge in [0.15, 0.2) is 0 Å². The molecule has 0 fully saturated rings. The van der Waals surface area contributed by atoms with Crippen molar-refractivity contribution in [3.05, 3.63) is 16.3 Å². The Hall–Kier alpha value is -0.830. The van der Waals surface area contributed by atoms with Gasteiger partial charge in [0.1, 0.15) is 5.78 Å². The molecule has 1 aromatic rings. The molecule has 0 aliphatic heterocycles. The first kappa shape index (κ1) is 9.26. The lowest BCUT2D eigenvalue weighted by atomic mass is 10.2. The molecule has 0 saturated heterocycles. The predicted molar refractivity (Wildman–Crippen MR) is 53.0 cm³/mol. The van der Waals surface area contributed by atoms with Crippen LogP contribution in [-0.4, -0.2) is 19.9 Å². The van der Waals surface area contributed by atoms with Crippen LogP contribution in [0.15, 0.2) is 11.4 Å². The molecule has 0 amide bonds. The molecule has 3 heteroatoms. The van der Waals surface area contributed by atoms with E-state index in [0.717, 1.165) is 10.6 Å². The largest absolute Gasteiger partial charge is 0.377 e. The van der Waals surface area contributed by atoms with Gasteiger partial charge in [-0.15, -0.1) is 11.3 Å². The summed E-state index contributed by atoms with van der Waals surface area (Å²) in [5.41, 5.74) is 1.16. The van der Waals surface area contributed by atoms with E-state index in [1.165, 1.54) is 0 Å². The number of Topliss-reactive ketones (excluding diaryl/α,β-unsaturated/α-hetero) is 1. The van der Waals surface area contributed by atoms with Crippen LogP contribution >= 0.6 is 11.3 Å². The number of rotatable bonds is 3. The fraction of sp³-hybridized carbons (Fsp3) is 0.444. The smallest absolute Gasteiger partial charge is 0.135 e. The topological polar surface area (TPSA) is 20.3 Å². The molecule has 0 atom stereocenters. The summed E-state index contributed by atoms with van der Waals surface area (Å²) in [6.45, 7) is 1.62. The van der Waals surface area contributed by atoms with Crippen LogP contribution in [0, 0.1) is 0 Å². The molecule has 1 rings (SSSR count). The molecule has 0 aromatic carbocycles. The SMILES string of the molecule is CC(=O)Cc1sccc1N(C)C. The second kappa shape index (κ2) is 3.72. The van der Waals surface area contributed by atoms with Gasteiger partial charge in [-0.05, 0) is 18.4 Å². The van der Waals surface area contributed by atoms with Crippen LogP contribution in [0.25, 0.3) is 0 Å². The summed E-state index contributed by atoms with van der Waals surface area (Å²) in [7, 11) is 3.98. The Morgan fingerprint density at radius 1 is 1.58 bits per heavy atom. The Kier molecular flexibility index (Phi) is 2.87. The molecule has 0 unspecified atom stereocenters. The maximum atomic E-state index is 10.9. The van der Waals surface area contributed by atoms with E-state index < -0.39 is 0 Å². The van der Waals surface area contributed by atoms with Crippen LogP contribution in [0.4, 0.5) is 5.69 Å². The summed E-state index contributed by atoms with van der Waals surface area (Å²) >= 11 is 1.64. The van der Waals surface area contributed by atoms with Crippen LogP contribution in [0.5, 0.6) is 0 Å². The van der Waals surface area contributed by atoms with Crippen LogP contribution in [-0.2, 0) is 11.2 Å². The van der Waals surface area contributed by atoms with E-state index in [-0.39, 0.29) is 5.78 Å². The molecular formula is C9H13NOS. The first-order chi connectivity index (χ1) is 5.61. The van der Waals surface area contributed by atoms with Gasteiger partial charge in [-0.2, -0.15) is 0 Å². The molecule has 0 radical (unpaired) electrons. The van der Waals surface area contributed by atoms with Gasteiger partial charge in [-0.3, -0.25) is 4.79 Å². The highest BCUT2D eigenvalue weighted by molar-refractivity contribution is 7.10. The van der Waals surface area contributed by atoms with E-state index in [2.05, 4.69) is 0 Å². The molecule has 0 aliphatic rings. The maximum Gasteiger partial charge on any atom is 0.135 e. The van der Waals surface area contributed by atoms with Crippen molar-refractivity contribution in [1.82, 2.24) is 0 Å². The summed E-state index contributed by atoms with van der Waals surface area (Å²) < 4.78 is 0. The third-order valence-corrected chi connectivity index (χ3v) is 2.52. The van der Waals surface area contributed by atoms with Crippen LogP contribution < -0.4 is 4.90 Å². The highest BCUT2D eigenvalue weighted by Gasteiger charge is 2.07. The third-order valence-electron chi connectivity index (χ3n) is 1.61. The molecule has 1 heterocycles. The Labute approximate surface area is 76.8 Å². The van der Waals surface area contributed by atoms with E-state index in [9.17, 15) is 4.79 Å². The van der Waals surface area contributed by atoms with E-state index in [0.29, 0.717) is 6.42 Å². The first-order valence-electron chi connectivity index (χ1n) is 3.84. The average Bonchev–Trinajstić information content (AvgIpc) is 2.33. The summed E-state index contributed by atoms with van der Waals surface area (Å²) in [4.78, 5) is 14.1. The standard InChI is InChI=1S/C9H13NOS/c1-7(11)6-9-8(10(2)3)4-5-12-9/h4-5H,6H2,1-3H3. The minimum absolute atomic E-state index is 0.223. The lowest BCUT2D eigenvalue weighted by Gasteiger charge is -2.11. The molecule has 0 N–H and O–H groups in total. The van der Waals surface area contributed by atoms with Crippen molar-refractivity contribution in [2.45, 2.75) is 13.3 Å².